The fraction of sp³-hybridized carbons (Fsp3) is 0.367. The number of carboxylic acid groups (broad SMARTS) is 1. The zero-order valence-corrected chi connectivity index (χ0v) is 64.2. The first kappa shape index (κ1) is 83.9. The van der Waals surface area contributed by atoms with Crippen LogP contribution in [-0.4, -0.2) is 191 Å². The van der Waals surface area contributed by atoms with Crippen LogP contribution in [0.25, 0.3) is 22.3 Å². The highest BCUT2D eigenvalue weighted by atomic mass is 35.5. The molecule has 610 valence electrons. The number of aliphatic hydroxyl groups is 6. The normalized spacial score (nSPS) is 27.2. The fourth-order valence-electron chi connectivity index (χ4n) is 14.4. The zero-order chi connectivity index (χ0) is 82.9. The van der Waals surface area contributed by atoms with Crippen LogP contribution in [0.5, 0.6) is 46.0 Å². The second-order valence-electron chi connectivity index (χ2n) is 29.2. The number of phenolic OH excluding ortho intramolecular Hbond substituents is 3. The number of ether oxygens (including phenoxy) is 6. The van der Waals surface area contributed by atoms with E-state index in [0.29, 0.717) is 5.02 Å². The smallest absolute Gasteiger partial charge is 0.330 e. The number of hydrogen-bond acceptors (Lipinski definition) is 25. The van der Waals surface area contributed by atoms with Crippen LogP contribution in [0.3, 0.4) is 0 Å². The third kappa shape index (κ3) is 18.3. The first-order valence-electron chi connectivity index (χ1n) is 36.4. The Morgan fingerprint density at radius 1 is 0.661 bits per heavy atom. The molecule has 2 fully saturated rings. The van der Waals surface area contributed by atoms with Gasteiger partial charge in [0.2, 0.25) is 53.4 Å². The Morgan fingerprint density at radius 3 is 1.86 bits per heavy atom. The monoisotopic (exact) mass is 1650 g/mol. The molecular formula is C79H84Cl3N9O24. The Bertz CT molecular complexity index is 4890. The molecule has 11 bridgehead atoms. The summed E-state index contributed by atoms with van der Waals surface area (Å²) in [5.74, 6) is -16.0. The molecule has 0 aromatic heterocycles. The fourth-order valence-corrected chi connectivity index (χ4v) is 15.0. The molecule has 0 radical (unpaired) electrons. The van der Waals surface area contributed by atoms with Crippen LogP contribution < -0.4 is 62.5 Å². The molecule has 20 N–H and O–H groups in total. The standard InChI is InChI=1S/C79H84Cl3N9O24/c1-32(2)20-47(84-5)71(102)90-62-64(97)38-13-18-51(45(81)22-38)111-53-24-40-25-54(68(53)115-78-69(67(100)66(99)55(31-92)113-78)114-57-29-79(4,70(101)33(3)110-57)85-30-34-6-8-35(9-7-34)36-10-15-41(80)16-11-36)112-52-19-14-39(23-46(52)82)65(98)63-76(107)89-61(77(108)109)44-26-42(93)27-50(95)58(44)43-21-37(12-17-49(43)94)59(73(104)91-63)88-74(105)60(40)87-72(103)48(28-56(83)96)86-75(62)106/h6-19,21-27,32-33,47-48,55,57,59-67,69-70,78,84-85,92-95,97-101H,20,28-31H2,1-5H3,(H2,83,96)(H,86,106)(H,87,103)(H,88,105)(H,89,107)(H,90,102)(H,91,104)(H,108,109)/t33-,47+,48-,55+,57-,59+,60+,61+,62+,63-,64+,65+,66+,67-,69+,70+,78-,79-/m0/s1. The van der Waals surface area contributed by atoms with Gasteiger partial charge in [0.25, 0.3) is 0 Å². The summed E-state index contributed by atoms with van der Waals surface area (Å²) in [6.45, 7) is 6.15. The van der Waals surface area contributed by atoms with E-state index in [-0.39, 0.29) is 52.8 Å². The van der Waals surface area contributed by atoms with E-state index >= 15 is 14.4 Å². The first-order valence-corrected chi connectivity index (χ1v) is 37.5. The Balaban J connectivity index is 1.04. The van der Waals surface area contributed by atoms with E-state index in [9.17, 15) is 75.0 Å². The van der Waals surface area contributed by atoms with Crippen LogP contribution in [0.1, 0.15) is 111 Å². The Labute approximate surface area is 671 Å². The second-order valence-corrected chi connectivity index (χ2v) is 30.4. The average molecular weight is 1650 g/mol. The van der Waals surface area contributed by atoms with Gasteiger partial charge in [0.05, 0.1) is 41.3 Å². The third-order valence-electron chi connectivity index (χ3n) is 20.6. The van der Waals surface area contributed by atoms with E-state index in [0.717, 1.165) is 83.4 Å². The summed E-state index contributed by atoms with van der Waals surface area (Å²) in [6, 6.07) is 14.3. The number of aliphatic carboxylic acids is 1. The molecule has 7 aromatic rings. The summed E-state index contributed by atoms with van der Waals surface area (Å²) in [5, 5.41) is 137. The van der Waals surface area contributed by atoms with E-state index in [1.165, 1.54) is 19.2 Å². The summed E-state index contributed by atoms with van der Waals surface area (Å²) >= 11 is 20.4. The number of phenols is 3. The Morgan fingerprint density at radius 2 is 1.26 bits per heavy atom. The van der Waals surface area contributed by atoms with E-state index in [4.69, 9.17) is 69.0 Å². The minimum atomic E-state index is -2.36. The maximum absolute atomic E-state index is 16.2. The molecule has 14 rings (SSSR count). The lowest BCUT2D eigenvalue weighted by molar-refractivity contribution is -0.334. The number of hydrogen-bond donors (Lipinski definition) is 19. The molecule has 7 aliphatic rings. The molecule has 0 saturated carbocycles. The molecule has 115 heavy (non-hydrogen) atoms. The van der Waals surface area contributed by atoms with Crippen LogP contribution in [0.2, 0.25) is 15.1 Å². The minimum absolute atomic E-state index is 0.106. The quantitative estimate of drug-likeness (QED) is 0.0605. The molecule has 0 unspecified atom stereocenters. The number of primary amides is 1. The van der Waals surface area contributed by atoms with E-state index in [1.54, 1.807) is 26.0 Å². The molecular weight excluding hydrogens is 1570 g/mol. The molecule has 36 heteroatoms. The van der Waals surface area contributed by atoms with Crippen molar-refractivity contribution in [3.05, 3.63) is 176 Å². The lowest BCUT2D eigenvalue weighted by atomic mass is 9.84. The van der Waals surface area contributed by atoms with Crippen LogP contribution in [0.4, 0.5) is 0 Å². The number of halogens is 3. The highest BCUT2D eigenvalue weighted by Gasteiger charge is 2.52. The number of carbonyl (C=O) groups excluding carboxylic acids is 7. The molecule has 0 aliphatic carbocycles. The second kappa shape index (κ2) is 34.9. The topological polar surface area (TPSA) is 517 Å². The number of amides is 7. The summed E-state index contributed by atoms with van der Waals surface area (Å²) in [5.41, 5.74) is 4.32. The molecule has 2 saturated heterocycles. The van der Waals surface area contributed by atoms with Gasteiger partial charge < -0.3 is 128 Å². The summed E-state index contributed by atoms with van der Waals surface area (Å²) in [7, 11) is 1.48. The summed E-state index contributed by atoms with van der Waals surface area (Å²) in [4.78, 5) is 118. The van der Waals surface area contributed by atoms with Gasteiger partial charge in [0.15, 0.2) is 29.9 Å². The molecule has 0 spiro atoms. The Hall–Kier alpha value is -10.5. The van der Waals surface area contributed by atoms with Crippen molar-refractivity contribution >= 4 is 82.1 Å². The van der Waals surface area contributed by atoms with Gasteiger partial charge >= 0.3 is 5.97 Å². The number of benzene rings is 7. The van der Waals surface area contributed by atoms with Gasteiger partial charge in [-0.3, -0.25) is 33.6 Å². The lowest BCUT2D eigenvalue weighted by Gasteiger charge is -2.48. The molecule has 7 amide bonds. The van der Waals surface area contributed by atoms with Crippen molar-refractivity contribution in [2.45, 2.75) is 163 Å². The van der Waals surface area contributed by atoms with Crippen molar-refractivity contribution in [3.63, 3.8) is 0 Å². The zero-order valence-electron chi connectivity index (χ0n) is 62.0. The van der Waals surface area contributed by atoms with E-state index < -0.39 is 237 Å². The number of nitrogens with two attached hydrogens (primary N) is 1. The van der Waals surface area contributed by atoms with Gasteiger partial charge in [-0.25, -0.2) is 4.79 Å². The van der Waals surface area contributed by atoms with Crippen LogP contribution in [0.15, 0.2) is 127 Å². The number of carboxylic acids is 1. The number of carbonyl (C=O) groups is 8. The first-order chi connectivity index (χ1) is 54.6. The number of rotatable bonds is 17. The maximum atomic E-state index is 16.2. The van der Waals surface area contributed by atoms with Crippen molar-refractivity contribution in [3.8, 4) is 68.2 Å². The van der Waals surface area contributed by atoms with Gasteiger partial charge in [-0.05, 0) is 139 Å². The molecule has 33 nitrogen and oxygen atoms in total. The van der Waals surface area contributed by atoms with Gasteiger partial charge in [-0.1, -0.05) is 103 Å². The maximum Gasteiger partial charge on any atom is 0.330 e. The third-order valence-corrected chi connectivity index (χ3v) is 21.4. The Kier molecular flexibility index (Phi) is 25.5. The molecule has 18 atom stereocenters. The van der Waals surface area contributed by atoms with Gasteiger partial charge in [0.1, 0.15) is 89.5 Å². The van der Waals surface area contributed by atoms with Crippen LogP contribution in [-0.2, 0) is 59.1 Å². The van der Waals surface area contributed by atoms with Gasteiger partial charge in [-0.15, -0.1) is 0 Å². The van der Waals surface area contributed by atoms with Crippen molar-refractivity contribution in [2.24, 2.45) is 11.7 Å². The highest BCUT2D eigenvalue weighted by Crippen LogP contribution is 2.50. The highest BCUT2D eigenvalue weighted by molar-refractivity contribution is 6.32. The van der Waals surface area contributed by atoms with Gasteiger partial charge in [-0.2, -0.15) is 0 Å². The number of fused-ring (bicyclic) bond motifs is 15. The van der Waals surface area contributed by atoms with Crippen LogP contribution >= 0.6 is 34.8 Å². The molecule has 7 aromatic carbocycles. The number of aromatic hydroxyl groups is 3. The number of aliphatic hydroxyl groups excluding tert-OH is 6. The number of nitrogens with one attached hydrogen (secondary N) is 8. The van der Waals surface area contributed by atoms with E-state index in [2.05, 4.69) is 42.5 Å². The molecule has 7 aliphatic heterocycles. The minimum Gasteiger partial charge on any atom is -0.508 e. The van der Waals surface area contributed by atoms with Crippen molar-refractivity contribution < 1.29 is 118 Å². The molecule has 7 heterocycles. The average Bonchev–Trinajstić information content (AvgIpc) is 0.764. The van der Waals surface area contributed by atoms with E-state index in [1.807, 2.05) is 50.2 Å². The number of likely N-dealkylation sites (N-methyl/N-ethyl adjacent to an activating group) is 1. The van der Waals surface area contributed by atoms with Crippen molar-refractivity contribution in [2.75, 3.05) is 13.7 Å². The SMILES string of the molecule is CN[C@H](CC(C)C)C(=O)N[C@H]1C(=O)N[C@@H](CC(N)=O)C(=O)N[C@H]2C(=O)N[C@H]3C(=O)N[C@H](C(=O)N[C@@H](C(=O)O)c4cc(O)cc(O)c4-c4cc3ccc4O)[C@H](O)c3ccc(c(Cl)c3)Oc3cc2cc(c3O[C@@H]2O[C@H](CO)[C@@H](O)[C@H](O)[C@H]2O[C@H]2C[C@](C)(NCc3ccc(-c4ccc(Cl)cc4)cc3)[C@H](O)[C@H](C)O2)Oc2ccc(cc2Cl)[C@H]1O. The summed E-state index contributed by atoms with van der Waals surface area (Å²) in [6.07, 6.45) is -18.7. The largest absolute Gasteiger partial charge is 0.508 e. The lowest BCUT2D eigenvalue weighted by Crippen LogP contribution is -2.65. The van der Waals surface area contributed by atoms with Crippen molar-refractivity contribution in [1.82, 2.24) is 42.5 Å². The summed E-state index contributed by atoms with van der Waals surface area (Å²) < 4.78 is 39.5. The van der Waals surface area contributed by atoms with Crippen LogP contribution in [0, 0.1) is 5.92 Å². The van der Waals surface area contributed by atoms with Crippen molar-refractivity contribution in [1.29, 1.82) is 0 Å². The van der Waals surface area contributed by atoms with Gasteiger partial charge in [0, 0.05) is 46.3 Å². The predicted molar refractivity (Wildman–Crippen MR) is 409 cm³/mol. The predicted octanol–water partition coefficient (Wildman–Crippen LogP) is 4.26.